The van der Waals surface area contributed by atoms with Crippen molar-refractivity contribution in [2.45, 2.75) is 33.5 Å². The monoisotopic (exact) mass is 439 g/mol. The van der Waals surface area contributed by atoms with Gasteiger partial charge in [0.25, 0.3) is 5.91 Å². The van der Waals surface area contributed by atoms with E-state index in [0.29, 0.717) is 55.1 Å². The maximum absolute atomic E-state index is 14.3. The van der Waals surface area contributed by atoms with Gasteiger partial charge in [0.2, 0.25) is 12.7 Å². The topological polar surface area (TPSA) is 76.8 Å². The number of carbonyl (C=O) groups excluding carboxylic acids is 1. The summed E-state index contributed by atoms with van der Waals surface area (Å²) in [5.41, 5.74) is 1.77. The van der Waals surface area contributed by atoms with Crippen LogP contribution in [0.4, 0.5) is 4.39 Å². The molecule has 0 unspecified atom stereocenters. The minimum Gasteiger partial charge on any atom is -0.454 e. The second-order valence-electron chi connectivity index (χ2n) is 8.15. The van der Waals surface area contributed by atoms with Crippen LogP contribution in [0.3, 0.4) is 0 Å². The lowest BCUT2D eigenvalue weighted by atomic mass is 10.1. The van der Waals surface area contributed by atoms with E-state index < -0.39 is 0 Å². The first-order valence-electron chi connectivity index (χ1n) is 10.5. The molecule has 168 valence electrons. The van der Waals surface area contributed by atoms with Gasteiger partial charge in [-0.2, -0.15) is 0 Å². The molecule has 0 saturated heterocycles. The van der Waals surface area contributed by atoms with E-state index in [-0.39, 0.29) is 24.2 Å². The predicted molar refractivity (Wildman–Crippen MR) is 116 cm³/mol. The Kier molecular flexibility index (Phi) is 6.70. The van der Waals surface area contributed by atoms with Crippen molar-refractivity contribution >= 4 is 5.91 Å². The van der Waals surface area contributed by atoms with E-state index in [2.05, 4.69) is 10.3 Å². The lowest BCUT2D eigenvalue weighted by Crippen LogP contribution is -2.27. The summed E-state index contributed by atoms with van der Waals surface area (Å²) in [5, 5.41) is 2.83. The van der Waals surface area contributed by atoms with Crippen LogP contribution < -0.4 is 14.8 Å². The second kappa shape index (κ2) is 9.82. The number of carbonyl (C=O) groups is 1. The average molecular weight is 439 g/mol. The molecule has 2 heterocycles. The predicted octanol–water partition coefficient (Wildman–Crippen LogP) is 4.13. The Labute approximate surface area is 186 Å². The van der Waals surface area contributed by atoms with E-state index in [1.807, 2.05) is 36.9 Å². The third-order valence-corrected chi connectivity index (χ3v) is 5.01. The van der Waals surface area contributed by atoms with Crippen molar-refractivity contribution in [2.75, 3.05) is 13.3 Å². The fraction of sp³-hybridized carbons (Fsp3) is 0.333. The van der Waals surface area contributed by atoms with Gasteiger partial charge >= 0.3 is 0 Å². The first-order chi connectivity index (χ1) is 15.5. The molecule has 0 saturated carbocycles. The molecule has 0 radical (unpaired) electrons. The minimum atomic E-state index is -0.274. The number of rotatable bonds is 9. The van der Waals surface area contributed by atoms with Gasteiger partial charge in [0.15, 0.2) is 17.2 Å². The van der Waals surface area contributed by atoms with Crippen molar-refractivity contribution in [1.29, 1.82) is 0 Å². The van der Waals surface area contributed by atoms with Crippen molar-refractivity contribution in [3.63, 3.8) is 0 Å². The fourth-order valence-electron chi connectivity index (χ4n) is 3.40. The first kappa shape index (κ1) is 21.8. The van der Waals surface area contributed by atoms with Gasteiger partial charge in [0.1, 0.15) is 12.1 Å². The zero-order valence-electron chi connectivity index (χ0n) is 18.1. The van der Waals surface area contributed by atoms with Crippen LogP contribution in [0.15, 0.2) is 53.1 Å². The van der Waals surface area contributed by atoms with Crippen LogP contribution in [0.2, 0.25) is 0 Å². The molecule has 7 nitrogen and oxygen atoms in total. The zero-order chi connectivity index (χ0) is 22.5. The molecule has 1 aromatic heterocycles. The van der Waals surface area contributed by atoms with E-state index in [4.69, 9.17) is 13.9 Å². The summed E-state index contributed by atoms with van der Waals surface area (Å²) in [6, 6.07) is 12.4. The van der Waals surface area contributed by atoms with Crippen LogP contribution in [0.25, 0.3) is 0 Å². The van der Waals surface area contributed by atoms with E-state index in [9.17, 15) is 9.18 Å². The van der Waals surface area contributed by atoms with Gasteiger partial charge in [-0.3, -0.25) is 9.69 Å². The molecule has 1 aliphatic rings. The number of ether oxygens (including phenoxy) is 2. The molecule has 0 fully saturated rings. The van der Waals surface area contributed by atoms with Crippen LogP contribution in [0.1, 0.15) is 41.4 Å². The zero-order valence-corrected chi connectivity index (χ0v) is 18.1. The highest BCUT2D eigenvalue weighted by Crippen LogP contribution is 2.33. The smallest absolute Gasteiger partial charge is 0.273 e. The largest absolute Gasteiger partial charge is 0.454 e. The molecular formula is C24H26FN3O4. The SMILES string of the molecule is CC(C)CNC(=O)c1coc(CN(Cc2ccc3c(c2)OCO3)Cc2ccccc2F)n1. The maximum Gasteiger partial charge on any atom is 0.273 e. The highest BCUT2D eigenvalue weighted by molar-refractivity contribution is 5.91. The van der Waals surface area contributed by atoms with Gasteiger partial charge in [0, 0.05) is 25.2 Å². The van der Waals surface area contributed by atoms with Crippen molar-refractivity contribution in [3.8, 4) is 11.5 Å². The molecule has 8 heteroatoms. The highest BCUT2D eigenvalue weighted by atomic mass is 19.1. The van der Waals surface area contributed by atoms with Crippen LogP contribution in [-0.4, -0.2) is 29.1 Å². The molecule has 0 spiro atoms. The van der Waals surface area contributed by atoms with E-state index in [1.54, 1.807) is 18.2 Å². The molecule has 4 rings (SSSR count). The van der Waals surface area contributed by atoms with Crippen LogP contribution >= 0.6 is 0 Å². The second-order valence-corrected chi connectivity index (χ2v) is 8.15. The van der Waals surface area contributed by atoms with Crippen LogP contribution in [0, 0.1) is 11.7 Å². The molecule has 2 aromatic carbocycles. The number of halogens is 1. The number of nitrogens with zero attached hydrogens (tertiary/aromatic N) is 2. The van der Waals surface area contributed by atoms with Crippen molar-refractivity contribution in [3.05, 3.63) is 77.3 Å². The molecule has 0 atom stereocenters. The summed E-state index contributed by atoms with van der Waals surface area (Å²) in [5.74, 6) is 1.57. The van der Waals surface area contributed by atoms with Crippen molar-refractivity contribution < 1.29 is 23.1 Å². The van der Waals surface area contributed by atoms with Crippen LogP contribution in [0.5, 0.6) is 11.5 Å². The standard InChI is InChI=1S/C24H26FN3O4/c1-16(2)10-26-24(29)20-14-30-23(27-20)13-28(12-18-5-3-4-6-19(18)25)11-17-7-8-21-22(9-17)32-15-31-21/h3-9,14,16H,10-13,15H2,1-2H3,(H,26,29). The molecule has 1 aliphatic heterocycles. The van der Waals surface area contributed by atoms with Gasteiger partial charge in [-0.25, -0.2) is 9.37 Å². The first-order valence-corrected chi connectivity index (χ1v) is 10.5. The molecule has 0 bridgehead atoms. The maximum atomic E-state index is 14.3. The quantitative estimate of drug-likeness (QED) is 0.540. The lowest BCUT2D eigenvalue weighted by molar-refractivity contribution is 0.0944. The Morgan fingerprint density at radius 1 is 1.12 bits per heavy atom. The van der Waals surface area contributed by atoms with Crippen LogP contribution in [-0.2, 0) is 19.6 Å². The van der Waals surface area contributed by atoms with Crippen molar-refractivity contribution in [2.24, 2.45) is 5.92 Å². The number of hydrogen-bond donors (Lipinski definition) is 1. The Bertz CT molecular complexity index is 1080. The van der Waals surface area contributed by atoms with Gasteiger partial charge in [-0.05, 0) is 29.7 Å². The number of oxazole rings is 1. The number of aromatic nitrogens is 1. The molecule has 1 N–H and O–H groups in total. The summed E-state index contributed by atoms with van der Waals surface area (Å²) in [7, 11) is 0. The summed E-state index contributed by atoms with van der Waals surface area (Å²) in [6.45, 7) is 5.96. The Morgan fingerprint density at radius 2 is 1.94 bits per heavy atom. The molecule has 32 heavy (non-hydrogen) atoms. The number of amides is 1. The van der Waals surface area contributed by atoms with E-state index in [1.165, 1.54) is 12.3 Å². The fourth-order valence-corrected chi connectivity index (χ4v) is 3.40. The number of benzene rings is 2. The summed E-state index contributed by atoms with van der Waals surface area (Å²) in [4.78, 5) is 18.6. The summed E-state index contributed by atoms with van der Waals surface area (Å²) in [6.07, 6.45) is 1.35. The Morgan fingerprint density at radius 3 is 2.75 bits per heavy atom. The third kappa shape index (κ3) is 5.45. The lowest BCUT2D eigenvalue weighted by Gasteiger charge is -2.21. The molecular weight excluding hydrogens is 413 g/mol. The Balaban J connectivity index is 1.50. The molecule has 1 amide bonds. The number of nitrogens with one attached hydrogen (secondary N) is 1. The highest BCUT2D eigenvalue weighted by Gasteiger charge is 2.19. The summed E-state index contributed by atoms with van der Waals surface area (Å²) >= 11 is 0. The van der Waals surface area contributed by atoms with Gasteiger partial charge in [-0.15, -0.1) is 0 Å². The average Bonchev–Trinajstić information content (AvgIpc) is 3.43. The van der Waals surface area contributed by atoms with Gasteiger partial charge in [-0.1, -0.05) is 38.1 Å². The van der Waals surface area contributed by atoms with E-state index >= 15 is 0 Å². The normalized spacial score (nSPS) is 12.5. The number of fused-ring (bicyclic) bond motifs is 1. The third-order valence-electron chi connectivity index (χ3n) is 5.01. The van der Waals surface area contributed by atoms with Gasteiger partial charge < -0.3 is 19.2 Å². The van der Waals surface area contributed by atoms with Gasteiger partial charge in [0.05, 0.1) is 6.54 Å². The summed E-state index contributed by atoms with van der Waals surface area (Å²) < 4.78 is 30.7. The van der Waals surface area contributed by atoms with Crippen molar-refractivity contribution in [1.82, 2.24) is 15.2 Å². The molecule has 0 aliphatic carbocycles. The Hall–Kier alpha value is -3.39. The molecule has 3 aromatic rings. The minimum absolute atomic E-state index is 0.204. The van der Waals surface area contributed by atoms with E-state index in [0.717, 1.165) is 5.56 Å². The number of hydrogen-bond acceptors (Lipinski definition) is 6.